The fourth-order valence-electron chi connectivity index (χ4n) is 2.14. The first-order chi connectivity index (χ1) is 10.3. The number of hydrogen-bond acceptors (Lipinski definition) is 8. The lowest BCUT2D eigenvalue weighted by Crippen LogP contribution is -2.99. The molecule has 1 heterocycles. The van der Waals surface area contributed by atoms with Crippen LogP contribution in [-0.4, -0.2) is 62.7 Å². The van der Waals surface area contributed by atoms with Crippen LogP contribution in [0, 0.1) is 5.21 Å². The van der Waals surface area contributed by atoms with Gasteiger partial charge in [-0.1, -0.05) is 0 Å². The van der Waals surface area contributed by atoms with Crippen LogP contribution in [0.3, 0.4) is 0 Å². The van der Waals surface area contributed by atoms with Gasteiger partial charge in [0.25, 0.3) is 0 Å². The lowest BCUT2D eigenvalue weighted by molar-refractivity contribution is -0.991. The fourth-order valence-corrected chi connectivity index (χ4v) is 2.14. The quantitative estimate of drug-likeness (QED) is 0.294. The van der Waals surface area contributed by atoms with E-state index in [1.54, 1.807) is 0 Å². The van der Waals surface area contributed by atoms with Gasteiger partial charge in [0.15, 0.2) is 11.9 Å². The molecule has 0 saturated carbocycles. The Morgan fingerprint density at radius 3 is 2.50 bits per heavy atom. The summed E-state index contributed by atoms with van der Waals surface area (Å²) >= 11 is 0. The maximum atomic E-state index is 11.0. The molecule has 5 atom stereocenters. The van der Waals surface area contributed by atoms with Crippen molar-refractivity contribution in [2.45, 2.75) is 24.5 Å². The van der Waals surface area contributed by atoms with Gasteiger partial charge in [0.1, 0.15) is 18.3 Å². The van der Waals surface area contributed by atoms with E-state index >= 15 is 0 Å². The highest BCUT2D eigenvalue weighted by Crippen LogP contribution is 2.24. The summed E-state index contributed by atoms with van der Waals surface area (Å²) in [6.45, 7) is -0.508. The zero-order chi connectivity index (χ0) is 16.4. The maximum Gasteiger partial charge on any atom is 0.335 e. The van der Waals surface area contributed by atoms with E-state index in [0.29, 0.717) is 0 Å². The van der Waals surface area contributed by atoms with Gasteiger partial charge in [0, 0.05) is 17.8 Å². The van der Waals surface area contributed by atoms with Crippen LogP contribution in [0.1, 0.15) is 10.4 Å². The van der Waals surface area contributed by atoms with E-state index in [0.717, 1.165) is 6.07 Å². The molecule has 0 bridgehead atoms. The zero-order valence-electron chi connectivity index (χ0n) is 11.2. The van der Waals surface area contributed by atoms with Crippen molar-refractivity contribution in [3.63, 3.8) is 0 Å². The standard InChI is InChI=1S/C12H16N2O8/c15-4-8-9(16)10(17)11(22-8)13-6-1-5(12(18)19)2-7(3-6)14(20)21/h1-3,8-11,13-17,20H,4H2,(H,18,19)/t8-,9+,10+,11-/m0/s1. The third-order valence-corrected chi connectivity index (χ3v) is 3.28. The number of carboxylic acids is 1. The van der Waals surface area contributed by atoms with Crippen molar-refractivity contribution in [3.8, 4) is 0 Å². The van der Waals surface area contributed by atoms with E-state index in [2.05, 4.69) is 5.32 Å². The molecule has 1 aromatic carbocycles. The Morgan fingerprint density at radius 2 is 2.00 bits per heavy atom. The van der Waals surface area contributed by atoms with E-state index in [9.17, 15) is 20.2 Å². The van der Waals surface area contributed by atoms with Crippen LogP contribution >= 0.6 is 0 Å². The number of ether oxygens (including phenoxy) is 1. The molecule has 1 aliphatic heterocycles. The summed E-state index contributed by atoms with van der Waals surface area (Å²) in [5.41, 5.74) is -0.421. The highest BCUT2D eigenvalue weighted by atomic mass is 16.8. The number of nitrogens with one attached hydrogen (secondary N) is 2. The summed E-state index contributed by atoms with van der Waals surface area (Å²) in [6, 6.07) is 3.33. The highest BCUT2D eigenvalue weighted by molar-refractivity contribution is 5.89. The molecule has 1 aliphatic rings. The van der Waals surface area contributed by atoms with Gasteiger partial charge in [-0.25, -0.2) is 10.0 Å². The second-order valence-corrected chi connectivity index (χ2v) is 4.81. The van der Waals surface area contributed by atoms with Crippen LogP contribution < -0.4 is 10.5 Å². The third-order valence-electron chi connectivity index (χ3n) is 3.28. The van der Waals surface area contributed by atoms with Gasteiger partial charge in [-0.2, -0.15) is 5.23 Å². The summed E-state index contributed by atoms with van der Waals surface area (Å²) in [6.07, 6.45) is -4.78. The highest BCUT2D eigenvalue weighted by Gasteiger charge is 2.42. The molecule has 10 heteroatoms. The SMILES string of the molecule is O=C(O)c1cc(N[C@H]2O[C@@H](CO)[C@@H](O)[C@H]2O)cc([NH+]([O-])O)c1. The third kappa shape index (κ3) is 3.34. The number of hydrogen-bond donors (Lipinski definition) is 7. The number of aliphatic hydroxyl groups excluding tert-OH is 3. The monoisotopic (exact) mass is 316 g/mol. The van der Waals surface area contributed by atoms with Gasteiger partial charge < -0.3 is 35.7 Å². The van der Waals surface area contributed by atoms with E-state index in [4.69, 9.17) is 20.2 Å². The Bertz CT molecular complexity index is 552. The number of anilines is 1. The lowest BCUT2D eigenvalue weighted by atomic mass is 10.1. The predicted molar refractivity (Wildman–Crippen MR) is 70.6 cm³/mol. The van der Waals surface area contributed by atoms with Crippen LogP contribution in [-0.2, 0) is 4.74 Å². The summed E-state index contributed by atoms with van der Waals surface area (Å²) in [5.74, 6) is -1.31. The minimum atomic E-state index is -1.36. The first-order valence-corrected chi connectivity index (χ1v) is 6.34. The van der Waals surface area contributed by atoms with Crippen molar-refractivity contribution in [1.82, 2.24) is 0 Å². The van der Waals surface area contributed by atoms with Gasteiger partial charge in [-0.15, -0.1) is 0 Å². The number of benzene rings is 1. The average molecular weight is 316 g/mol. The van der Waals surface area contributed by atoms with E-state index in [-0.39, 0.29) is 16.9 Å². The molecule has 10 nitrogen and oxygen atoms in total. The number of quaternary nitrogens is 1. The molecular weight excluding hydrogens is 300 g/mol. The van der Waals surface area contributed by atoms with Crippen molar-refractivity contribution in [1.29, 1.82) is 0 Å². The molecule has 1 unspecified atom stereocenters. The Kier molecular flexibility index (Phi) is 4.93. The maximum absolute atomic E-state index is 11.0. The number of carbonyl (C=O) groups is 1. The molecule has 0 amide bonds. The van der Waals surface area contributed by atoms with Gasteiger partial charge in [0.05, 0.1) is 12.2 Å². The molecular formula is C12H16N2O8. The van der Waals surface area contributed by atoms with Gasteiger partial charge in [0.2, 0.25) is 0 Å². The van der Waals surface area contributed by atoms with Crippen LogP contribution in [0.4, 0.5) is 11.4 Å². The smallest absolute Gasteiger partial charge is 0.335 e. The molecule has 7 N–H and O–H groups in total. The first kappa shape index (κ1) is 16.6. The second kappa shape index (κ2) is 6.54. The van der Waals surface area contributed by atoms with Crippen LogP contribution in [0.5, 0.6) is 0 Å². The van der Waals surface area contributed by atoms with Crippen LogP contribution in [0.2, 0.25) is 0 Å². The number of aliphatic hydroxyl groups is 3. The van der Waals surface area contributed by atoms with E-state index in [1.807, 2.05) is 0 Å². The molecule has 2 rings (SSSR count). The Balaban J connectivity index is 2.24. The van der Waals surface area contributed by atoms with Crippen molar-refractivity contribution >= 4 is 17.3 Å². The zero-order valence-corrected chi connectivity index (χ0v) is 11.2. The van der Waals surface area contributed by atoms with Gasteiger partial charge >= 0.3 is 5.97 Å². The van der Waals surface area contributed by atoms with Crippen LogP contribution in [0.15, 0.2) is 18.2 Å². The molecule has 1 fully saturated rings. The van der Waals surface area contributed by atoms with Gasteiger partial charge in [-0.05, 0) is 6.07 Å². The summed E-state index contributed by atoms with van der Waals surface area (Å²) in [5, 5.41) is 58.7. The number of aromatic carboxylic acids is 1. The molecule has 0 aliphatic carbocycles. The lowest BCUT2D eigenvalue weighted by Gasteiger charge is -2.19. The topological polar surface area (TPSA) is 167 Å². The molecule has 22 heavy (non-hydrogen) atoms. The predicted octanol–water partition coefficient (Wildman–Crippen LogP) is -2.36. The minimum absolute atomic E-state index is 0.0899. The summed E-state index contributed by atoms with van der Waals surface area (Å²) in [7, 11) is 0. The molecule has 0 aromatic heterocycles. The Labute approximate surface area is 124 Å². The summed E-state index contributed by atoms with van der Waals surface area (Å²) < 4.78 is 5.18. The van der Waals surface area contributed by atoms with Crippen molar-refractivity contribution in [2.24, 2.45) is 0 Å². The molecule has 0 radical (unpaired) electrons. The van der Waals surface area contributed by atoms with Crippen molar-refractivity contribution in [2.75, 3.05) is 11.9 Å². The molecule has 1 aromatic rings. The molecule has 0 spiro atoms. The van der Waals surface area contributed by atoms with Gasteiger partial charge in [-0.3, -0.25) is 0 Å². The number of carboxylic acid groups (broad SMARTS) is 1. The van der Waals surface area contributed by atoms with Crippen molar-refractivity contribution in [3.05, 3.63) is 29.0 Å². The molecule has 1 saturated heterocycles. The first-order valence-electron chi connectivity index (χ1n) is 6.34. The average Bonchev–Trinajstić information content (AvgIpc) is 2.74. The van der Waals surface area contributed by atoms with Crippen LogP contribution in [0.25, 0.3) is 0 Å². The number of rotatable bonds is 5. The largest absolute Gasteiger partial charge is 0.595 e. The summed E-state index contributed by atoms with van der Waals surface area (Å²) in [4.78, 5) is 11.0. The Morgan fingerprint density at radius 1 is 1.32 bits per heavy atom. The minimum Gasteiger partial charge on any atom is -0.595 e. The van der Waals surface area contributed by atoms with E-state index in [1.165, 1.54) is 12.1 Å². The normalized spacial score (nSPS) is 29.3. The second-order valence-electron chi connectivity index (χ2n) is 4.81. The molecule has 122 valence electrons. The Hall–Kier alpha value is -1.79. The van der Waals surface area contributed by atoms with Crippen molar-refractivity contribution < 1.29 is 40.4 Å². The fraction of sp³-hybridized carbons (Fsp3) is 0.417. The van der Waals surface area contributed by atoms with E-state index < -0.39 is 42.3 Å².